The molecule has 0 spiro atoms. The summed E-state index contributed by atoms with van der Waals surface area (Å²) in [7, 11) is 0. The summed E-state index contributed by atoms with van der Waals surface area (Å²) in [6, 6.07) is 6.29. The average molecular weight is 333 g/mol. The first-order valence-corrected chi connectivity index (χ1v) is 5.98. The van der Waals surface area contributed by atoms with Gasteiger partial charge in [0.05, 0.1) is 11.1 Å². The van der Waals surface area contributed by atoms with Crippen molar-refractivity contribution in [1.82, 2.24) is 4.68 Å². The molecule has 2 aromatic rings. The Morgan fingerprint density at radius 1 is 1.21 bits per heavy atom. The first-order chi connectivity index (χ1) is 8.88. The monoisotopic (exact) mass is 332 g/mol. The summed E-state index contributed by atoms with van der Waals surface area (Å²) in [5, 5.41) is 0. The highest BCUT2D eigenvalue weighted by Gasteiger charge is 2.31. The van der Waals surface area contributed by atoms with Gasteiger partial charge >= 0.3 is 6.18 Å². The number of nitrogens with one attached hydrogen (secondary N) is 1. The van der Waals surface area contributed by atoms with E-state index in [2.05, 4.69) is 21.4 Å². The van der Waals surface area contributed by atoms with Crippen molar-refractivity contribution in [1.29, 1.82) is 0 Å². The quantitative estimate of drug-likeness (QED) is 0.894. The zero-order chi connectivity index (χ0) is 14.0. The summed E-state index contributed by atoms with van der Waals surface area (Å²) >= 11 is 3.06. The number of aromatic nitrogens is 1. The van der Waals surface area contributed by atoms with Crippen LogP contribution in [0.1, 0.15) is 15.9 Å². The van der Waals surface area contributed by atoms with Crippen molar-refractivity contribution in [3.63, 3.8) is 0 Å². The number of hydrogen-bond acceptors (Lipinski definition) is 1. The molecule has 1 amide bonds. The molecular formula is C12H8BrF3N2O. The van der Waals surface area contributed by atoms with Crippen LogP contribution in [0.4, 0.5) is 13.2 Å². The molecule has 0 aliphatic rings. The molecule has 0 bridgehead atoms. The van der Waals surface area contributed by atoms with Gasteiger partial charge in [0.2, 0.25) is 0 Å². The minimum atomic E-state index is -4.48. The maximum Gasteiger partial charge on any atom is 0.416 e. The summed E-state index contributed by atoms with van der Waals surface area (Å²) < 4.78 is 39.4. The Labute approximate surface area is 115 Å². The third-order valence-electron chi connectivity index (χ3n) is 2.37. The van der Waals surface area contributed by atoms with Crippen molar-refractivity contribution in [2.45, 2.75) is 6.18 Å². The number of amides is 1. The number of rotatable bonds is 2. The largest absolute Gasteiger partial charge is 0.416 e. The summed E-state index contributed by atoms with van der Waals surface area (Å²) in [6.07, 6.45) is -1.35. The molecule has 1 N–H and O–H groups in total. The molecule has 0 saturated carbocycles. The highest BCUT2D eigenvalue weighted by molar-refractivity contribution is 9.10. The average Bonchev–Trinajstić information content (AvgIpc) is 2.80. The molecule has 19 heavy (non-hydrogen) atoms. The summed E-state index contributed by atoms with van der Waals surface area (Å²) in [4.78, 5) is 11.9. The second-order valence-corrected chi connectivity index (χ2v) is 4.58. The number of carbonyl (C=O) groups is 1. The predicted octanol–water partition coefficient (Wildman–Crippen LogP) is 3.65. The predicted molar refractivity (Wildman–Crippen MR) is 67.3 cm³/mol. The molecule has 2 rings (SSSR count). The third kappa shape index (κ3) is 3.17. The lowest BCUT2D eigenvalue weighted by Crippen LogP contribution is -2.22. The van der Waals surface area contributed by atoms with Gasteiger partial charge in [-0.25, -0.2) is 0 Å². The van der Waals surface area contributed by atoms with Crippen LogP contribution in [0.3, 0.4) is 0 Å². The first kappa shape index (κ1) is 13.7. The highest BCUT2D eigenvalue weighted by atomic mass is 79.9. The summed E-state index contributed by atoms with van der Waals surface area (Å²) in [5.41, 5.74) is 1.49. The van der Waals surface area contributed by atoms with E-state index in [1.54, 1.807) is 24.5 Å². The minimum absolute atomic E-state index is 0.0801. The number of halogens is 4. The van der Waals surface area contributed by atoms with Gasteiger partial charge in [0, 0.05) is 16.9 Å². The Bertz CT molecular complexity index is 594. The van der Waals surface area contributed by atoms with Gasteiger partial charge in [-0.3, -0.25) is 14.9 Å². The van der Waals surface area contributed by atoms with E-state index in [0.717, 1.165) is 12.1 Å². The fourth-order valence-electron chi connectivity index (χ4n) is 1.46. The molecule has 0 radical (unpaired) electrons. The van der Waals surface area contributed by atoms with E-state index in [4.69, 9.17) is 0 Å². The number of nitrogens with zero attached hydrogens (tertiary/aromatic N) is 1. The Kier molecular flexibility index (Phi) is 3.66. The van der Waals surface area contributed by atoms with E-state index >= 15 is 0 Å². The van der Waals surface area contributed by atoms with Crippen molar-refractivity contribution >= 4 is 21.8 Å². The molecule has 0 saturated heterocycles. The van der Waals surface area contributed by atoms with Gasteiger partial charge in [-0.2, -0.15) is 13.2 Å². The van der Waals surface area contributed by atoms with Gasteiger partial charge in [-0.1, -0.05) is 0 Å². The maximum atomic E-state index is 12.6. The van der Waals surface area contributed by atoms with Crippen LogP contribution >= 0.6 is 15.9 Å². The van der Waals surface area contributed by atoms with Gasteiger partial charge < -0.3 is 0 Å². The standard InChI is InChI=1S/C12H8BrF3N2O/c13-10-4-3-8(12(14,15)16)7-9(10)11(19)17-18-5-1-2-6-18/h1-7H,(H,17,19). The van der Waals surface area contributed by atoms with Crippen LogP contribution < -0.4 is 5.43 Å². The first-order valence-electron chi connectivity index (χ1n) is 5.19. The van der Waals surface area contributed by atoms with E-state index in [9.17, 15) is 18.0 Å². The molecule has 1 heterocycles. The Balaban J connectivity index is 2.31. The van der Waals surface area contributed by atoms with Crippen molar-refractivity contribution in [3.8, 4) is 0 Å². The van der Waals surface area contributed by atoms with Crippen LogP contribution in [0.2, 0.25) is 0 Å². The van der Waals surface area contributed by atoms with E-state index in [1.165, 1.54) is 10.7 Å². The zero-order valence-electron chi connectivity index (χ0n) is 9.41. The molecule has 3 nitrogen and oxygen atoms in total. The van der Waals surface area contributed by atoms with Gasteiger partial charge in [0.15, 0.2) is 0 Å². The van der Waals surface area contributed by atoms with Crippen LogP contribution in [0.5, 0.6) is 0 Å². The molecule has 0 atom stereocenters. The second-order valence-electron chi connectivity index (χ2n) is 3.72. The lowest BCUT2D eigenvalue weighted by atomic mass is 10.1. The van der Waals surface area contributed by atoms with Crippen LogP contribution in [-0.4, -0.2) is 10.6 Å². The van der Waals surface area contributed by atoms with E-state index in [1.807, 2.05) is 0 Å². The molecule has 1 aromatic carbocycles. The van der Waals surface area contributed by atoms with Gasteiger partial charge in [0.25, 0.3) is 5.91 Å². The van der Waals surface area contributed by atoms with Crippen molar-refractivity contribution in [3.05, 3.63) is 58.3 Å². The molecule has 1 aromatic heterocycles. The second kappa shape index (κ2) is 5.08. The third-order valence-corrected chi connectivity index (χ3v) is 3.06. The SMILES string of the molecule is O=C(Nn1cccc1)c1cc(C(F)(F)F)ccc1Br. The number of alkyl halides is 3. The maximum absolute atomic E-state index is 12.6. The molecule has 7 heteroatoms. The lowest BCUT2D eigenvalue weighted by molar-refractivity contribution is -0.137. The number of hydrogen-bond donors (Lipinski definition) is 1. The molecule has 0 aliphatic heterocycles. The molecule has 0 unspecified atom stereocenters. The van der Waals surface area contributed by atoms with Crippen LogP contribution in [0.25, 0.3) is 0 Å². The zero-order valence-corrected chi connectivity index (χ0v) is 11.0. The Hall–Kier alpha value is -1.76. The molecule has 0 fully saturated rings. The van der Waals surface area contributed by atoms with E-state index < -0.39 is 17.6 Å². The normalized spacial score (nSPS) is 11.4. The van der Waals surface area contributed by atoms with E-state index in [-0.39, 0.29) is 5.56 Å². The molecular weight excluding hydrogens is 325 g/mol. The smallest absolute Gasteiger partial charge is 0.268 e. The van der Waals surface area contributed by atoms with Crippen molar-refractivity contribution in [2.24, 2.45) is 0 Å². The number of carbonyl (C=O) groups excluding carboxylic acids is 1. The Morgan fingerprint density at radius 3 is 2.42 bits per heavy atom. The Morgan fingerprint density at radius 2 is 1.84 bits per heavy atom. The van der Waals surface area contributed by atoms with Crippen LogP contribution in [0.15, 0.2) is 47.2 Å². The minimum Gasteiger partial charge on any atom is -0.268 e. The van der Waals surface area contributed by atoms with Gasteiger partial charge in [0.1, 0.15) is 0 Å². The van der Waals surface area contributed by atoms with Gasteiger partial charge in [-0.05, 0) is 46.3 Å². The van der Waals surface area contributed by atoms with Crippen molar-refractivity contribution < 1.29 is 18.0 Å². The molecule has 0 aliphatic carbocycles. The van der Waals surface area contributed by atoms with Crippen LogP contribution in [0, 0.1) is 0 Å². The van der Waals surface area contributed by atoms with Gasteiger partial charge in [-0.15, -0.1) is 0 Å². The number of benzene rings is 1. The molecule has 100 valence electrons. The van der Waals surface area contributed by atoms with Crippen molar-refractivity contribution in [2.75, 3.05) is 5.43 Å². The van der Waals surface area contributed by atoms with E-state index in [0.29, 0.717) is 4.47 Å². The lowest BCUT2D eigenvalue weighted by Gasteiger charge is -2.11. The fourth-order valence-corrected chi connectivity index (χ4v) is 1.89. The van der Waals surface area contributed by atoms with Crippen LogP contribution in [-0.2, 0) is 6.18 Å². The topological polar surface area (TPSA) is 34.0 Å². The summed E-state index contributed by atoms with van der Waals surface area (Å²) in [5.74, 6) is -0.630. The fraction of sp³-hybridized carbons (Fsp3) is 0.0833. The highest BCUT2D eigenvalue weighted by Crippen LogP contribution is 2.31. The summed E-state index contributed by atoms with van der Waals surface area (Å²) in [6.45, 7) is 0.